The molecule has 122 valence electrons. The Hall–Kier alpha value is -1.99. The molecule has 2 rings (SSSR count). The lowest BCUT2D eigenvalue weighted by molar-refractivity contribution is 0.174. The Kier molecular flexibility index (Phi) is 5.46. The molecule has 1 aromatic rings. The maximum atomic E-state index is 8.98. The molecule has 1 aromatic carbocycles. The summed E-state index contributed by atoms with van der Waals surface area (Å²) in [6.45, 7) is 5.93. The maximum Gasteiger partial charge on any atom is 0.231 e. The molecule has 1 aliphatic heterocycles. The van der Waals surface area contributed by atoms with Crippen LogP contribution in [0.4, 0.5) is 5.69 Å². The Bertz CT molecular complexity index is 532. The molecular weight excluding hydrogens is 284 g/mol. The van der Waals surface area contributed by atoms with Gasteiger partial charge in [0.05, 0.1) is 6.61 Å². The number of ether oxygens (including phenoxy) is 2. The van der Waals surface area contributed by atoms with E-state index in [0.29, 0.717) is 31.3 Å². The molecule has 1 aliphatic rings. The molecule has 0 unspecified atom stereocenters. The Labute approximate surface area is 130 Å². The number of aliphatic imine (C=N–C) groups is 1. The molecule has 7 nitrogen and oxygen atoms in total. The van der Waals surface area contributed by atoms with Gasteiger partial charge >= 0.3 is 0 Å². The molecule has 0 saturated carbocycles. The number of anilines is 1. The van der Waals surface area contributed by atoms with Gasteiger partial charge in [0.1, 0.15) is 0 Å². The van der Waals surface area contributed by atoms with E-state index in [-0.39, 0.29) is 18.8 Å². The van der Waals surface area contributed by atoms with Gasteiger partial charge < -0.3 is 30.9 Å². The van der Waals surface area contributed by atoms with Gasteiger partial charge in [-0.25, -0.2) is 0 Å². The largest absolute Gasteiger partial charge is 0.454 e. The van der Waals surface area contributed by atoms with Crippen molar-refractivity contribution in [3.05, 3.63) is 18.2 Å². The van der Waals surface area contributed by atoms with Crippen molar-refractivity contribution in [1.29, 1.82) is 0 Å². The molecule has 7 heteroatoms. The third kappa shape index (κ3) is 4.51. The van der Waals surface area contributed by atoms with Crippen LogP contribution in [0.5, 0.6) is 11.5 Å². The van der Waals surface area contributed by atoms with Crippen LogP contribution in [-0.2, 0) is 0 Å². The second-order valence-corrected chi connectivity index (χ2v) is 5.88. The first-order chi connectivity index (χ1) is 10.5. The lowest BCUT2D eigenvalue weighted by atomic mass is 9.94. The van der Waals surface area contributed by atoms with Crippen molar-refractivity contribution >= 4 is 11.6 Å². The van der Waals surface area contributed by atoms with Crippen LogP contribution in [0.1, 0.15) is 13.8 Å². The molecule has 0 saturated heterocycles. The van der Waals surface area contributed by atoms with Crippen molar-refractivity contribution in [3.63, 3.8) is 0 Å². The summed E-state index contributed by atoms with van der Waals surface area (Å²) in [7, 11) is 0. The number of aliphatic hydroxyl groups excluding tert-OH is 1. The zero-order valence-electron chi connectivity index (χ0n) is 13.1. The fourth-order valence-electron chi connectivity index (χ4n) is 1.78. The highest BCUT2D eigenvalue weighted by molar-refractivity contribution is 5.94. The molecule has 0 aromatic heterocycles. The first kappa shape index (κ1) is 16.4. The fraction of sp³-hybridized carbons (Fsp3) is 0.533. The van der Waals surface area contributed by atoms with E-state index in [1.165, 1.54) is 0 Å². The summed E-state index contributed by atoms with van der Waals surface area (Å²) in [5.41, 5.74) is 6.48. The molecule has 5 N–H and O–H groups in total. The van der Waals surface area contributed by atoms with Crippen LogP contribution in [0.2, 0.25) is 0 Å². The normalized spacial score (nSPS) is 14.1. The summed E-state index contributed by atoms with van der Waals surface area (Å²) in [5.74, 6) is 2.03. The standard InChI is InChI=1S/C15H24N4O3/c1-15(2,8-16)9-18-14(17-5-6-20)19-11-3-4-12-13(7-11)22-10-21-12/h3-4,7,20H,5-6,8-10,16H2,1-2H3,(H2,17,18,19). The second kappa shape index (κ2) is 7.33. The summed E-state index contributed by atoms with van der Waals surface area (Å²) in [5, 5.41) is 15.2. The van der Waals surface area contributed by atoms with Crippen LogP contribution in [0.15, 0.2) is 23.2 Å². The smallest absolute Gasteiger partial charge is 0.231 e. The quantitative estimate of drug-likeness (QED) is 0.457. The van der Waals surface area contributed by atoms with Crippen molar-refractivity contribution in [1.82, 2.24) is 5.32 Å². The zero-order chi connectivity index (χ0) is 16.0. The predicted octanol–water partition coefficient (Wildman–Crippen LogP) is 0.750. The fourth-order valence-corrected chi connectivity index (χ4v) is 1.78. The highest BCUT2D eigenvalue weighted by Gasteiger charge is 2.16. The average Bonchev–Trinajstić information content (AvgIpc) is 2.97. The molecule has 0 fully saturated rings. The minimum Gasteiger partial charge on any atom is -0.454 e. The number of fused-ring (bicyclic) bond motifs is 1. The van der Waals surface area contributed by atoms with Crippen LogP contribution in [-0.4, -0.2) is 44.1 Å². The third-order valence-electron chi connectivity index (χ3n) is 3.26. The lowest BCUT2D eigenvalue weighted by Crippen LogP contribution is -2.35. The third-order valence-corrected chi connectivity index (χ3v) is 3.26. The summed E-state index contributed by atoms with van der Waals surface area (Å²) in [6, 6.07) is 5.59. The van der Waals surface area contributed by atoms with Gasteiger partial charge in [0.15, 0.2) is 17.5 Å². The summed E-state index contributed by atoms with van der Waals surface area (Å²) >= 11 is 0. The monoisotopic (exact) mass is 308 g/mol. The van der Waals surface area contributed by atoms with E-state index in [1.807, 2.05) is 18.2 Å². The van der Waals surface area contributed by atoms with E-state index in [9.17, 15) is 0 Å². The summed E-state index contributed by atoms with van der Waals surface area (Å²) < 4.78 is 10.6. The molecule has 0 bridgehead atoms. The van der Waals surface area contributed by atoms with Gasteiger partial charge in [-0.05, 0) is 24.1 Å². The Morgan fingerprint density at radius 1 is 1.36 bits per heavy atom. The Morgan fingerprint density at radius 3 is 2.86 bits per heavy atom. The van der Waals surface area contributed by atoms with E-state index in [4.69, 9.17) is 20.3 Å². The van der Waals surface area contributed by atoms with Gasteiger partial charge in [0.2, 0.25) is 6.79 Å². The summed E-state index contributed by atoms with van der Waals surface area (Å²) in [6.07, 6.45) is 0. The number of rotatable bonds is 6. The first-order valence-electron chi connectivity index (χ1n) is 7.30. The van der Waals surface area contributed by atoms with Crippen molar-refractivity contribution < 1.29 is 14.6 Å². The number of hydrogen-bond acceptors (Lipinski definition) is 5. The maximum absolute atomic E-state index is 8.98. The van der Waals surface area contributed by atoms with Crippen LogP contribution in [0.25, 0.3) is 0 Å². The zero-order valence-corrected chi connectivity index (χ0v) is 13.1. The van der Waals surface area contributed by atoms with Gasteiger partial charge in [-0.1, -0.05) is 13.8 Å². The van der Waals surface area contributed by atoms with Crippen LogP contribution < -0.4 is 25.8 Å². The number of nitrogens with one attached hydrogen (secondary N) is 2. The van der Waals surface area contributed by atoms with E-state index in [1.54, 1.807) is 0 Å². The summed E-state index contributed by atoms with van der Waals surface area (Å²) in [4.78, 5) is 4.52. The number of guanidine groups is 1. The topological polar surface area (TPSA) is 101 Å². The van der Waals surface area contributed by atoms with E-state index in [2.05, 4.69) is 29.5 Å². The molecular formula is C15H24N4O3. The Morgan fingerprint density at radius 2 is 2.14 bits per heavy atom. The number of nitrogens with zero attached hydrogens (tertiary/aromatic N) is 1. The lowest BCUT2D eigenvalue weighted by Gasteiger charge is -2.20. The van der Waals surface area contributed by atoms with Crippen molar-refractivity contribution in [2.45, 2.75) is 13.8 Å². The van der Waals surface area contributed by atoms with Gasteiger partial charge in [0.25, 0.3) is 0 Å². The number of hydrogen-bond donors (Lipinski definition) is 4. The average molecular weight is 308 g/mol. The van der Waals surface area contributed by atoms with Crippen molar-refractivity contribution in [3.8, 4) is 11.5 Å². The molecule has 0 amide bonds. The predicted molar refractivity (Wildman–Crippen MR) is 86.4 cm³/mol. The van der Waals surface area contributed by atoms with Crippen LogP contribution >= 0.6 is 0 Å². The van der Waals surface area contributed by atoms with Crippen LogP contribution in [0.3, 0.4) is 0 Å². The highest BCUT2D eigenvalue weighted by atomic mass is 16.7. The Balaban J connectivity index is 2.07. The number of nitrogens with two attached hydrogens (primary N) is 1. The van der Waals surface area contributed by atoms with Gasteiger partial charge in [-0.3, -0.25) is 4.99 Å². The van der Waals surface area contributed by atoms with Crippen molar-refractivity contribution in [2.24, 2.45) is 16.1 Å². The molecule has 0 aliphatic carbocycles. The molecule has 0 radical (unpaired) electrons. The first-order valence-corrected chi connectivity index (χ1v) is 7.30. The minimum absolute atomic E-state index is 0.0299. The second-order valence-electron chi connectivity index (χ2n) is 5.88. The minimum atomic E-state index is -0.0806. The van der Waals surface area contributed by atoms with E-state index < -0.39 is 0 Å². The molecule has 0 atom stereocenters. The van der Waals surface area contributed by atoms with E-state index >= 15 is 0 Å². The van der Waals surface area contributed by atoms with Gasteiger partial charge in [0, 0.05) is 24.8 Å². The molecule has 1 heterocycles. The SMILES string of the molecule is CC(C)(CN)CN=C(NCCO)Nc1ccc2c(c1)OCO2. The highest BCUT2D eigenvalue weighted by Crippen LogP contribution is 2.34. The van der Waals surface area contributed by atoms with Crippen molar-refractivity contribution in [2.75, 3.05) is 38.4 Å². The van der Waals surface area contributed by atoms with Crippen LogP contribution in [0, 0.1) is 5.41 Å². The molecule has 22 heavy (non-hydrogen) atoms. The number of benzene rings is 1. The number of aliphatic hydroxyl groups is 1. The molecule has 0 spiro atoms. The van der Waals surface area contributed by atoms with Gasteiger partial charge in [-0.2, -0.15) is 0 Å². The van der Waals surface area contributed by atoms with E-state index in [0.717, 1.165) is 11.4 Å². The van der Waals surface area contributed by atoms with Gasteiger partial charge in [-0.15, -0.1) is 0 Å².